The molecule has 1 N–H and O–H groups in total. The van der Waals surface area contributed by atoms with Gasteiger partial charge in [-0.2, -0.15) is 0 Å². The Morgan fingerprint density at radius 1 is 1.35 bits per heavy atom. The maximum absolute atomic E-state index is 12.2. The highest BCUT2D eigenvalue weighted by molar-refractivity contribution is 5.28. The van der Waals surface area contributed by atoms with E-state index >= 15 is 0 Å². The van der Waals surface area contributed by atoms with E-state index in [-0.39, 0.29) is 11.2 Å². The molecular formula is C15H20F3NO. The van der Waals surface area contributed by atoms with Crippen LogP contribution >= 0.6 is 0 Å². The Labute approximate surface area is 117 Å². The molecule has 1 aromatic rings. The van der Waals surface area contributed by atoms with E-state index in [4.69, 9.17) is 0 Å². The van der Waals surface area contributed by atoms with E-state index in [2.05, 4.69) is 23.9 Å². The van der Waals surface area contributed by atoms with Crippen LogP contribution in [0.5, 0.6) is 5.75 Å². The van der Waals surface area contributed by atoms with Gasteiger partial charge in [-0.05, 0) is 36.0 Å². The first-order chi connectivity index (χ1) is 9.26. The Bertz CT molecular complexity index is 457. The van der Waals surface area contributed by atoms with Gasteiger partial charge in [-0.15, -0.1) is 13.2 Å². The number of alkyl halides is 3. The van der Waals surface area contributed by atoms with Crippen molar-refractivity contribution in [1.82, 2.24) is 5.32 Å². The summed E-state index contributed by atoms with van der Waals surface area (Å²) in [7, 11) is 0. The standard InChI is InChI=1S/C15H20F3NO/c1-14(2)8-4-7-13(14)19-10-11-5-3-6-12(9-11)20-15(16,17)18/h3,5-6,9,13,19H,4,7-8,10H2,1-2H3. The molecule has 0 aliphatic heterocycles. The minimum absolute atomic E-state index is 0.164. The highest BCUT2D eigenvalue weighted by Crippen LogP contribution is 2.37. The van der Waals surface area contributed by atoms with Gasteiger partial charge in [0.25, 0.3) is 0 Å². The number of benzene rings is 1. The summed E-state index contributed by atoms with van der Waals surface area (Å²) < 4.78 is 40.4. The number of ether oxygens (including phenoxy) is 1. The van der Waals surface area contributed by atoms with Gasteiger partial charge in [-0.25, -0.2) is 0 Å². The van der Waals surface area contributed by atoms with Crippen LogP contribution in [0.15, 0.2) is 24.3 Å². The van der Waals surface area contributed by atoms with Crippen molar-refractivity contribution in [2.75, 3.05) is 0 Å². The monoisotopic (exact) mass is 287 g/mol. The molecule has 1 aliphatic carbocycles. The topological polar surface area (TPSA) is 21.3 Å². The minimum Gasteiger partial charge on any atom is -0.406 e. The van der Waals surface area contributed by atoms with Gasteiger partial charge >= 0.3 is 6.36 Å². The summed E-state index contributed by atoms with van der Waals surface area (Å²) in [5.74, 6) is -0.164. The van der Waals surface area contributed by atoms with Crippen LogP contribution < -0.4 is 10.1 Å². The van der Waals surface area contributed by atoms with Crippen molar-refractivity contribution in [3.63, 3.8) is 0 Å². The van der Waals surface area contributed by atoms with Crippen LogP contribution in [0.25, 0.3) is 0 Å². The lowest BCUT2D eigenvalue weighted by molar-refractivity contribution is -0.274. The molecule has 0 heterocycles. The SMILES string of the molecule is CC1(C)CCCC1NCc1cccc(OC(F)(F)F)c1. The highest BCUT2D eigenvalue weighted by atomic mass is 19.4. The van der Waals surface area contributed by atoms with E-state index in [0.717, 1.165) is 12.0 Å². The summed E-state index contributed by atoms with van der Waals surface area (Å²) in [6.07, 6.45) is -1.14. The average Bonchev–Trinajstić information content (AvgIpc) is 2.64. The summed E-state index contributed by atoms with van der Waals surface area (Å²) >= 11 is 0. The van der Waals surface area contributed by atoms with Crippen molar-refractivity contribution >= 4 is 0 Å². The fraction of sp³-hybridized carbons (Fsp3) is 0.600. The van der Waals surface area contributed by atoms with Crippen LogP contribution in [0.3, 0.4) is 0 Å². The molecule has 1 atom stereocenters. The molecule has 20 heavy (non-hydrogen) atoms. The smallest absolute Gasteiger partial charge is 0.406 e. The first-order valence-corrected chi connectivity index (χ1v) is 6.84. The van der Waals surface area contributed by atoms with Crippen molar-refractivity contribution in [2.45, 2.75) is 52.1 Å². The van der Waals surface area contributed by atoms with Crippen LogP contribution in [0.1, 0.15) is 38.7 Å². The molecule has 5 heteroatoms. The van der Waals surface area contributed by atoms with Crippen LogP contribution in [-0.2, 0) is 6.54 Å². The zero-order valence-electron chi connectivity index (χ0n) is 11.8. The number of hydrogen-bond donors (Lipinski definition) is 1. The summed E-state index contributed by atoms with van der Waals surface area (Å²) in [6, 6.07) is 6.55. The molecule has 2 nitrogen and oxygen atoms in total. The zero-order valence-corrected chi connectivity index (χ0v) is 11.8. The molecule has 0 spiro atoms. The highest BCUT2D eigenvalue weighted by Gasteiger charge is 2.34. The van der Waals surface area contributed by atoms with Crippen molar-refractivity contribution in [3.8, 4) is 5.75 Å². The van der Waals surface area contributed by atoms with Crippen LogP contribution in [0, 0.1) is 5.41 Å². The Morgan fingerprint density at radius 2 is 2.10 bits per heavy atom. The second kappa shape index (κ2) is 5.64. The molecule has 1 aliphatic rings. The van der Waals surface area contributed by atoms with Gasteiger partial charge in [0.2, 0.25) is 0 Å². The van der Waals surface area contributed by atoms with Crippen molar-refractivity contribution in [3.05, 3.63) is 29.8 Å². The van der Waals surface area contributed by atoms with Gasteiger partial charge in [-0.3, -0.25) is 0 Å². The van der Waals surface area contributed by atoms with Gasteiger partial charge < -0.3 is 10.1 Å². The third-order valence-electron chi connectivity index (χ3n) is 3.94. The molecule has 0 amide bonds. The molecule has 0 radical (unpaired) electrons. The zero-order chi connectivity index (χ0) is 14.8. The Kier molecular flexibility index (Phi) is 4.28. The maximum atomic E-state index is 12.2. The molecule has 1 unspecified atom stereocenters. The van der Waals surface area contributed by atoms with Crippen LogP contribution in [-0.4, -0.2) is 12.4 Å². The van der Waals surface area contributed by atoms with E-state index in [1.807, 2.05) is 0 Å². The lowest BCUT2D eigenvalue weighted by Crippen LogP contribution is -2.37. The maximum Gasteiger partial charge on any atom is 0.573 e. The molecule has 1 aromatic carbocycles. The quantitative estimate of drug-likeness (QED) is 0.893. The lowest BCUT2D eigenvalue weighted by Gasteiger charge is -2.28. The summed E-state index contributed by atoms with van der Waals surface area (Å²) in [5.41, 5.74) is 1.05. The average molecular weight is 287 g/mol. The van der Waals surface area contributed by atoms with E-state index in [0.29, 0.717) is 12.6 Å². The fourth-order valence-electron chi connectivity index (χ4n) is 2.80. The van der Waals surface area contributed by atoms with Gasteiger partial charge in [0.15, 0.2) is 0 Å². The van der Waals surface area contributed by atoms with E-state index in [1.165, 1.54) is 25.0 Å². The molecule has 1 fully saturated rings. The second-order valence-electron chi connectivity index (χ2n) is 6.01. The van der Waals surface area contributed by atoms with Crippen LogP contribution in [0.4, 0.5) is 13.2 Å². The Morgan fingerprint density at radius 3 is 2.70 bits per heavy atom. The first kappa shape index (κ1) is 15.2. The van der Waals surface area contributed by atoms with Gasteiger partial charge in [0, 0.05) is 12.6 Å². The van der Waals surface area contributed by atoms with E-state index in [9.17, 15) is 13.2 Å². The van der Waals surface area contributed by atoms with Gasteiger partial charge in [-0.1, -0.05) is 32.4 Å². The van der Waals surface area contributed by atoms with E-state index in [1.54, 1.807) is 12.1 Å². The van der Waals surface area contributed by atoms with Crippen molar-refractivity contribution in [1.29, 1.82) is 0 Å². The lowest BCUT2D eigenvalue weighted by atomic mass is 9.87. The Balaban J connectivity index is 1.95. The van der Waals surface area contributed by atoms with Crippen LogP contribution in [0.2, 0.25) is 0 Å². The number of rotatable bonds is 4. The molecule has 1 saturated carbocycles. The third-order valence-corrected chi connectivity index (χ3v) is 3.94. The number of nitrogens with one attached hydrogen (secondary N) is 1. The molecule has 0 aromatic heterocycles. The third kappa shape index (κ3) is 4.13. The summed E-state index contributed by atoms with van der Waals surface area (Å²) in [5, 5.41) is 3.44. The van der Waals surface area contributed by atoms with Gasteiger partial charge in [0.05, 0.1) is 0 Å². The van der Waals surface area contributed by atoms with Gasteiger partial charge in [0.1, 0.15) is 5.75 Å². The van der Waals surface area contributed by atoms with Crippen molar-refractivity contribution < 1.29 is 17.9 Å². The predicted molar refractivity (Wildman–Crippen MR) is 71.4 cm³/mol. The summed E-state index contributed by atoms with van der Waals surface area (Å²) in [6.45, 7) is 5.00. The molecule has 0 bridgehead atoms. The molecule has 0 saturated heterocycles. The predicted octanol–water partition coefficient (Wildman–Crippen LogP) is 4.25. The minimum atomic E-state index is -4.64. The molecule has 2 rings (SSSR count). The fourth-order valence-corrected chi connectivity index (χ4v) is 2.80. The summed E-state index contributed by atoms with van der Waals surface area (Å²) in [4.78, 5) is 0. The van der Waals surface area contributed by atoms with E-state index < -0.39 is 6.36 Å². The second-order valence-corrected chi connectivity index (χ2v) is 6.01. The first-order valence-electron chi connectivity index (χ1n) is 6.84. The normalized spacial score (nSPS) is 21.9. The molecule has 112 valence electrons. The molecular weight excluding hydrogens is 267 g/mol. The number of halogens is 3. The number of hydrogen-bond acceptors (Lipinski definition) is 2. The largest absolute Gasteiger partial charge is 0.573 e. The van der Waals surface area contributed by atoms with Crippen molar-refractivity contribution in [2.24, 2.45) is 5.41 Å². The Hall–Kier alpha value is -1.23.